The Balaban J connectivity index is 0. The van der Waals surface area contributed by atoms with Gasteiger partial charge in [0.15, 0.2) is 0 Å². The molecule has 1 nitrogen and oxygen atoms in total. The fourth-order valence-electron chi connectivity index (χ4n) is 1.45. The molecule has 64 valence electrons. The third-order valence-electron chi connectivity index (χ3n) is 2.16. The first-order chi connectivity index (χ1) is 4.43. The van der Waals surface area contributed by atoms with Crippen molar-refractivity contribution >= 4 is 0 Å². The van der Waals surface area contributed by atoms with Crippen molar-refractivity contribution < 1.29 is 1.43 Å². The van der Waals surface area contributed by atoms with E-state index in [0.717, 1.165) is 6.04 Å². The zero-order valence-electron chi connectivity index (χ0n) is 6.32. The molecule has 0 aromatic rings. The van der Waals surface area contributed by atoms with Crippen molar-refractivity contribution in [3.63, 3.8) is 0 Å². The van der Waals surface area contributed by atoms with Crippen molar-refractivity contribution in [2.75, 3.05) is 6.54 Å². The zero-order valence-corrected chi connectivity index (χ0v) is 6.32. The highest BCUT2D eigenvalue weighted by Gasteiger charge is 2.07. The van der Waals surface area contributed by atoms with E-state index in [2.05, 4.69) is 12.2 Å². The average molecular weight is 145 g/mol. The van der Waals surface area contributed by atoms with Gasteiger partial charge in [0.05, 0.1) is 0 Å². The first-order valence-corrected chi connectivity index (χ1v) is 4.17. The molecule has 0 saturated carbocycles. The second-order valence-electron chi connectivity index (χ2n) is 2.91. The van der Waals surface area contributed by atoms with E-state index in [0.29, 0.717) is 0 Å². The van der Waals surface area contributed by atoms with Crippen LogP contribution in [0.15, 0.2) is 0 Å². The Kier molecular flexibility index (Phi) is 5.70. The van der Waals surface area contributed by atoms with E-state index < -0.39 is 0 Å². The van der Waals surface area contributed by atoms with Crippen LogP contribution in [0.25, 0.3) is 0 Å². The molecular weight excluding hydrogens is 122 g/mol. The van der Waals surface area contributed by atoms with Gasteiger partial charge in [-0.1, -0.05) is 27.2 Å². The number of nitrogens with one attached hydrogen (secondary N) is 1. The Labute approximate surface area is 66.7 Å². The van der Waals surface area contributed by atoms with Crippen LogP contribution in [0.2, 0.25) is 0 Å². The van der Waals surface area contributed by atoms with Crippen LogP contribution in [0.1, 0.15) is 47.9 Å². The van der Waals surface area contributed by atoms with Gasteiger partial charge in [0.2, 0.25) is 0 Å². The van der Waals surface area contributed by atoms with Crippen molar-refractivity contribution in [2.45, 2.75) is 52.5 Å². The molecule has 1 heterocycles. The van der Waals surface area contributed by atoms with Gasteiger partial charge in [-0.05, 0) is 25.8 Å². The molecule has 0 radical (unpaired) electrons. The number of rotatable bonds is 1. The van der Waals surface area contributed by atoms with E-state index >= 15 is 0 Å². The van der Waals surface area contributed by atoms with Crippen LogP contribution in [-0.2, 0) is 0 Å². The Bertz CT molecular complexity index is 68.0. The first kappa shape index (κ1) is 9.96. The van der Waals surface area contributed by atoms with E-state index in [-0.39, 0.29) is 8.85 Å². The van der Waals surface area contributed by atoms with Gasteiger partial charge in [-0.2, -0.15) is 0 Å². The summed E-state index contributed by atoms with van der Waals surface area (Å²) >= 11 is 0. The molecular formula is C9H23N. The zero-order chi connectivity index (χ0) is 6.53. The molecule has 1 heteroatoms. The van der Waals surface area contributed by atoms with Crippen LogP contribution in [-0.4, -0.2) is 12.6 Å². The van der Waals surface area contributed by atoms with Crippen molar-refractivity contribution in [2.24, 2.45) is 0 Å². The van der Waals surface area contributed by atoms with Gasteiger partial charge >= 0.3 is 0 Å². The fraction of sp³-hybridized carbons (Fsp3) is 1.00. The summed E-state index contributed by atoms with van der Waals surface area (Å²) in [6.07, 6.45) is 6.96. The summed E-state index contributed by atoms with van der Waals surface area (Å²) < 4.78 is 0. The molecule has 1 rings (SSSR count). The lowest BCUT2D eigenvalue weighted by Gasteiger charge is -2.11. The summed E-state index contributed by atoms with van der Waals surface area (Å²) in [5, 5.41) is 3.53. The highest BCUT2D eigenvalue weighted by molar-refractivity contribution is 4.68. The molecule has 1 atom stereocenters. The molecule has 1 fully saturated rings. The van der Waals surface area contributed by atoms with E-state index in [4.69, 9.17) is 0 Å². The smallest absolute Gasteiger partial charge is 0.00644 e. The number of hydrogen-bond donors (Lipinski definition) is 1. The largest absolute Gasteiger partial charge is 0.314 e. The summed E-state index contributed by atoms with van der Waals surface area (Å²) in [5.74, 6) is 0. The molecule has 10 heavy (non-hydrogen) atoms. The van der Waals surface area contributed by atoms with Gasteiger partial charge in [0, 0.05) is 7.47 Å². The van der Waals surface area contributed by atoms with Crippen LogP contribution in [0.3, 0.4) is 0 Å². The third-order valence-corrected chi connectivity index (χ3v) is 2.16. The molecule has 0 aliphatic carbocycles. The summed E-state index contributed by atoms with van der Waals surface area (Å²) in [7, 11) is 0. The monoisotopic (exact) mass is 145 g/mol. The normalized spacial score (nSPS) is 26.7. The summed E-state index contributed by atoms with van der Waals surface area (Å²) in [6, 6.07) is 0.826. The van der Waals surface area contributed by atoms with Gasteiger partial charge in [-0.15, -0.1) is 0 Å². The Morgan fingerprint density at radius 2 is 2.20 bits per heavy atom. The second-order valence-corrected chi connectivity index (χ2v) is 2.91. The standard InChI is InChI=1S/C8H17N.CH4.H2/c1-2-8-6-4-3-5-7-9-8;;/h8-9H,2-7H2,1H3;1H4;1H. The summed E-state index contributed by atoms with van der Waals surface area (Å²) in [4.78, 5) is 0. The van der Waals surface area contributed by atoms with Crippen molar-refractivity contribution in [3.8, 4) is 0 Å². The van der Waals surface area contributed by atoms with Crippen LogP contribution >= 0.6 is 0 Å². The minimum absolute atomic E-state index is 0. The lowest BCUT2D eigenvalue weighted by Crippen LogP contribution is -2.26. The SMILES string of the molecule is C.CCC1CCCCCN1.[HH]. The molecule has 1 unspecified atom stereocenters. The van der Waals surface area contributed by atoms with Gasteiger partial charge < -0.3 is 5.32 Å². The minimum Gasteiger partial charge on any atom is -0.314 e. The minimum atomic E-state index is 0. The van der Waals surface area contributed by atoms with E-state index in [1.807, 2.05) is 0 Å². The average Bonchev–Trinajstić information content (AvgIpc) is 2.13. The van der Waals surface area contributed by atoms with Gasteiger partial charge in [-0.25, -0.2) is 0 Å². The van der Waals surface area contributed by atoms with E-state index in [9.17, 15) is 0 Å². The van der Waals surface area contributed by atoms with Crippen molar-refractivity contribution in [3.05, 3.63) is 0 Å². The van der Waals surface area contributed by atoms with Gasteiger partial charge in [0.1, 0.15) is 0 Å². The molecule has 0 aromatic heterocycles. The topological polar surface area (TPSA) is 12.0 Å². The molecule has 0 spiro atoms. The molecule has 1 aliphatic heterocycles. The van der Waals surface area contributed by atoms with Crippen molar-refractivity contribution in [1.29, 1.82) is 0 Å². The molecule has 0 amide bonds. The van der Waals surface area contributed by atoms with Crippen LogP contribution in [0.4, 0.5) is 0 Å². The Morgan fingerprint density at radius 3 is 2.90 bits per heavy atom. The van der Waals surface area contributed by atoms with E-state index in [1.54, 1.807) is 0 Å². The fourth-order valence-corrected chi connectivity index (χ4v) is 1.45. The van der Waals surface area contributed by atoms with Gasteiger partial charge in [0.25, 0.3) is 0 Å². The maximum Gasteiger partial charge on any atom is 0.00644 e. The van der Waals surface area contributed by atoms with Crippen molar-refractivity contribution in [1.82, 2.24) is 5.32 Å². The highest BCUT2D eigenvalue weighted by Crippen LogP contribution is 2.09. The highest BCUT2D eigenvalue weighted by atomic mass is 14.9. The quantitative estimate of drug-likeness (QED) is 0.598. The maximum atomic E-state index is 3.53. The number of hydrogen-bond acceptors (Lipinski definition) is 1. The molecule has 0 bridgehead atoms. The van der Waals surface area contributed by atoms with Crippen LogP contribution in [0.5, 0.6) is 0 Å². The van der Waals surface area contributed by atoms with Crippen LogP contribution in [0, 0.1) is 0 Å². The molecule has 1 N–H and O–H groups in total. The van der Waals surface area contributed by atoms with Crippen LogP contribution < -0.4 is 5.32 Å². The second kappa shape index (κ2) is 5.72. The van der Waals surface area contributed by atoms with Gasteiger partial charge in [-0.3, -0.25) is 0 Å². The Hall–Kier alpha value is -0.0400. The first-order valence-electron chi connectivity index (χ1n) is 4.17. The lowest BCUT2D eigenvalue weighted by atomic mass is 10.1. The maximum absolute atomic E-state index is 3.53. The summed E-state index contributed by atoms with van der Waals surface area (Å²) in [5.41, 5.74) is 0. The predicted molar refractivity (Wildman–Crippen MR) is 49.4 cm³/mol. The van der Waals surface area contributed by atoms with E-state index in [1.165, 1.54) is 38.6 Å². The predicted octanol–water partition coefficient (Wildman–Crippen LogP) is 2.81. The molecule has 1 aliphatic rings. The molecule has 1 saturated heterocycles. The summed E-state index contributed by atoms with van der Waals surface area (Å²) in [6.45, 7) is 3.52. The third kappa shape index (κ3) is 3.21. The Morgan fingerprint density at radius 1 is 1.40 bits per heavy atom. The molecule has 0 aromatic carbocycles. The lowest BCUT2D eigenvalue weighted by molar-refractivity contribution is 0.497.